The molecule has 0 aromatic heterocycles. The zero-order chi connectivity index (χ0) is 23.5. The fraction of sp³-hybridized carbons (Fsp3) is 0.240. The molecule has 0 fully saturated rings. The summed E-state index contributed by atoms with van der Waals surface area (Å²) in [6, 6.07) is 13.0. The van der Waals surface area contributed by atoms with Crippen molar-refractivity contribution >= 4 is 34.5 Å². The summed E-state index contributed by atoms with van der Waals surface area (Å²) in [6.45, 7) is 5.82. The molecule has 2 aliphatic heterocycles. The molecule has 6 nitrogen and oxygen atoms in total. The summed E-state index contributed by atoms with van der Waals surface area (Å²) in [7, 11) is 0. The lowest BCUT2D eigenvalue weighted by Crippen LogP contribution is -2.37. The number of nitrogens with one attached hydrogen (secondary N) is 1. The minimum Gasteiger partial charge on any atom is -0.463 e. The highest BCUT2D eigenvalue weighted by molar-refractivity contribution is 8.16. The fourth-order valence-electron chi connectivity index (χ4n) is 3.93. The van der Waals surface area contributed by atoms with E-state index in [0.29, 0.717) is 22.1 Å². The van der Waals surface area contributed by atoms with Crippen molar-refractivity contribution in [2.75, 3.05) is 11.9 Å². The van der Waals surface area contributed by atoms with Gasteiger partial charge in [-0.25, -0.2) is 14.2 Å². The molecule has 4 rings (SSSR count). The van der Waals surface area contributed by atoms with Gasteiger partial charge in [-0.05, 0) is 61.6 Å². The lowest BCUT2D eigenvalue weighted by Gasteiger charge is -2.37. The first-order chi connectivity index (χ1) is 15.9. The topological polar surface area (TPSA) is 71.0 Å². The van der Waals surface area contributed by atoms with E-state index in [0.717, 1.165) is 16.8 Å². The van der Waals surface area contributed by atoms with Gasteiger partial charge in [0.1, 0.15) is 5.82 Å². The Hall–Kier alpha value is -3.39. The number of amides is 1. The predicted molar refractivity (Wildman–Crippen MR) is 128 cm³/mol. The number of carbonyl (C=O) groups is 2. The van der Waals surface area contributed by atoms with Crippen LogP contribution in [0.25, 0.3) is 0 Å². The van der Waals surface area contributed by atoms with Crippen molar-refractivity contribution in [2.24, 2.45) is 4.99 Å². The van der Waals surface area contributed by atoms with Crippen molar-refractivity contribution in [1.82, 2.24) is 4.90 Å². The van der Waals surface area contributed by atoms with Gasteiger partial charge in [0.05, 0.1) is 30.3 Å². The lowest BCUT2D eigenvalue weighted by molar-refractivity contribution is -0.139. The van der Waals surface area contributed by atoms with Gasteiger partial charge in [-0.3, -0.25) is 4.79 Å². The maximum atomic E-state index is 13.2. The van der Waals surface area contributed by atoms with Crippen LogP contribution in [0.2, 0.25) is 0 Å². The first-order valence-corrected chi connectivity index (χ1v) is 11.5. The highest BCUT2D eigenvalue weighted by atomic mass is 32.2. The number of aliphatic imine (C=N–C) groups is 1. The number of benzene rings is 2. The van der Waals surface area contributed by atoms with E-state index in [1.807, 2.05) is 48.4 Å². The third-order valence-corrected chi connectivity index (χ3v) is 6.34. The first-order valence-electron chi connectivity index (χ1n) is 10.6. The number of allylic oxidation sites excluding steroid dienone is 1. The second kappa shape index (κ2) is 9.62. The van der Waals surface area contributed by atoms with Crippen LogP contribution < -0.4 is 5.32 Å². The molecule has 0 radical (unpaired) electrons. The number of amidine groups is 1. The van der Waals surface area contributed by atoms with E-state index >= 15 is 0 Å². The molecule has 0 spiro atoms. The summed E-state index contributed by atoms with van der Waals surface area (Å²) < 4.78 is 18.5. The SMILES string of the molecule is CCOC(=O)C1=C(C)N=C2SC=C(CC(=O)Nc3ccc(F)cc3)N2[C@H]1c1ccccc1C. The Labute approximate surface area is 196 Å². The van der Waals surface area contributed by atoms with E-state index in [1.54, 1.807) is 6.92 Å². The van der Waals surface area contributed by atoms with E-state index in [1.165, 1.54) is 36.0 Å². The third-order valence-electron chi connectivity index (χ3n) is 5.45. The number of rotatable bonds is 6. The molecule has 1 N–H and O–H groups in total. The van der Waals surface area contributed by atoms with Crippen molar-refractivity contribution < 1.29 is 18.7 Å². The van der Waals surface area contributed by atoms with E-state index in [9.17, 15) is 14.0 Å². The van der Waals surface area contributed by atoms with E-state index in [4.69, 9.17) is 4.74 Å². The normalized spacial score (nSPS) is 17.3. The lowest BCUT2D eigenvalue weighted by atomic mass is 9.91. The highest BCUT2D eigenvalue weighted by Gasteiger charge is 2.41. The third kappa shape index (κ3) is 4.71. The van der Waals surface area contributed by atoms with Crippen molar-refractivity contribution in [3.8, 4) is 0 Å². The van der Waals surface area contributed by atoms with Gasteiger partial charge in [0.25, 0.3) is 0 Å². The van der Waals surface area contributed by atoms with Crippen LogP contribution in [0.15, 0.2) is 75.9 Å². The molecule has 0 bridgehead atoms. The zero-order valence-corrected chi connectivity index (χ0v) is 19.4. The summed E-state index contributed by atoms with van der Waals surface area (Å²) in [4.78, 5) is 32.4. The summed E-state index contributed by atoms with van der Waals surface area (Å²) in [5, 5.41) is 5.39. The number of hydrogen-bond acceptors (Lipinski definition) is 6. The number of carbonyl (C=O) groups excluding carboxylic acids is 2. The average molecular weight is 466 g/mol. The fourth-order valence-corrected chi connectivity index (χ4v) is 4.89. The molecule has 1 atom stereocenters. The van der Waals surface area contributed by atoms with Gasteiger partial charge in [0, 0.05) is 11.4 Å². The average Bonchev–Trinajstić information content (AvgIpc) is 3.17. The smallest absolute Gasteiger partial charge is 0.338 e. The van der Waals surface area contributed by atoms with Gasteiger partial charge in [-0.15, -0.1) is 0 Å². The standard InChI is InChI=1S/C25H24FN3O3S/c1-4-32-24(31)22-16(3)27-25-29(23(22)20-8-6-5-7-15(20)2)19(14-33-25)13-21(30)28-18-11-9-17(26)10-12-18/h5-12,14,23H,4,13H2,1-3H3,(H,28,30)/t23-/m0/s1. The maximum Gasteiger partial charge on any atom is 0.338 e. The minimum atomic E-state index is -0.461. The number of halogens is 1. The molecule has 1 amide bonds. The molecule has 0 unspecified atom stereocenters. The quantitative estimate of drug-likeness (QED) is 0.586. The molecule has 2 aromatic carbocycles. The summed E-state index contributed by atoms with van der Waals surface area (Å²) in [5.74, 6) is -1.04. The van der Waals surface area contributed by atoms with Crippen molar-refractivity contribution in [3.05, 3.63) is 87.9 Å². The summed E-state index contributed by atoms with van der Waals surface area (Å²) >= 11 is 1.42. The molecule has 33 heavy (non-hydrogen) atoms. The monoisotopic (exact) mass is 465 g/mol. The van der Waals surface area contributed by atoms with Crippen LogP contribution in [0.5, 0.6) is 0 Å². The Bertz CT molecular complexity index is 1190. The Kier molecular flexibility index (Phi) is 6.65. The van der Waals surface area contributed by atoms with Gasteiger partial charge in [-0.1, -0.05) is 36.0 Å². The predicted octanol–water partition coefficient (Wildman–Crippen LogP) is 5.30. The van der Waals surface area contributed by atoms with E-state index in [2.05, 4.69) is 10.3 Å². The zero-order valence-electron chi connectivity index (χ0n) is 18.6. The van der Waals surface area contributed by atoms with Crippen molar-refractivity contribution in [1.29, 1.82) is 0 Å². The molecular weight excluding hydrogens is 441 g/mol. The Morgan fingerprint density at radius 3 is 2.58 bits per heavy atom. The van der Waals surface area contributed by atoms with Crippen LogP contribution in [0, 0.1) is 12.7 Å². The van der Waals surface area contributed by atoms with Gasteiger partial charge >= 0.3 is 5.97 Å². The number of ether oxygens (including phenoxy) is 1. The second-order valence-corrected chi connectivity index (χ2v) is 8.54. The van der Waals surface area contributed by atoms with Crippen LogP contribution in [-0.2, 0) is 14.3 Å². The van der Waals surface area contributed by atoms with Crippen LogP contribution in [0.4, 0.5) is 10.1 Å². The van der Waals surface area contributed by atoms with E-state index in [-0.39, 0.29) is 24.8 Å². The second-order valence-electron chi connectivity index (χ2n) is 7.70. The molecule has 8 heteroatoms. The van der Waals surface area contributed by atoms with Gasteiger partial charge in [-0.2, -0.15) is 0 Å². The summed E-state index contributed by atoms with van der Waals surface area (Å²) in [5.41, 5.74) is 4.26. The van der Waals surface area contributed by atoms with Gasteiger partial charge in [0.2, 0.25) is 5.91 Å². The Balaban J connectivity index is 1.67. The van der Waals surface area contributed by atoms with Crippen molar-refractivity contribution in [2.45, 2.75) is 33.2 Å². The Morgan fingerprint density at radius 2 is 1.88 bits per heavy atom. The van der Waals surface area contributed by atoms with Gasteiger partial charge in [0.15, 0.2) is 5.17 Å². The number of fused-ring (bicyclic) bond motifs is 1. The molecule has 0 aliphatic carbocycles. The van der Waals surface area contributed by atoms with Gasteiger partial charge < -0.3 is 15.0 Å². The molecule has 170 valence electrons. The number of nitrogens with zero attached hydrogens (tertiary/aromatic N) is 2. The molecule has 0 saturated heterocycles. The Morgan fingerprint density at radius 1 is 1.15 bits per heavy atom. The minimum absolute atomic E-state index is 0.0704. The summed E-state index contributed by atoms with van der Waals surface area (Å²) in [6.07, 6.45) is 0.0704. The van der Waals surface area contributed by atoms with Crippen LogP contribution in [-0.4, -0.2) is 28.6 Å². The van der Waals surface area contributed by atoms with Crippen LogP contribution in [0.1, 0.15) is 37.4 Å². The molecular formula is C25H24FN3O3S. The first kappa shape index (κ1) is 22.8. The van der Waals surface area contributed by atoms with E-state index < -0.39 is 12.0 Å². The number of hydrogen-bond donors (Lipinski definition) is 1. The number of aryl methyl sites for hydroxylation is 1. The number of thioether (sulfide) groups is 1. The highest BCUT2D eigenvalue weighted by Crippen LogP contribution is 2.45. The van der Waals surface area contributed by atoms with Crippen molar-refractivity contribution in [3.63, 3.8) is 0 Å². The molecule has 2 aromatic rings. The molecule has 2 heterocycles. The van der Waals surface area contributed by atoms with Crippen LogP contribution >= 0.6 is 11.8 Å². The largest absolute Gasteiger partial charge is 0.463 e. The number of anilines is 1. The number of esters is 1. The molecule has 2 aliphatic rings. The maximum absolute atomic E-state index is 13.2. The molecule has 0 saturated carbocycles. The van der Waals surface area contributed by atoms with Crippen LogP contribution in [0.3, 0.4) is 0 Å².